The molecule has 2 aromatic rings. The number of nitrogens with zero attached hydrogens (tertiary/aromatic N) is 2. The van der Waals surface area contributed by atoms with Gasteiger partial charge in [0, 0.05) is 6.07 Å². The molecule has 0 bridgehead atoms. The maximum Gasteiger partial charge on any atom is 0.315 e. The molecule has 0 saturated carbocycles. The number of hydrazine groups is 1. The predicted octanol–water partition coefficient (Wildman–Crippen LogP) is 2.47. The van der Waals surface area contributed by atoms with Crippen LogP contribution in [0, 0.1) is 17.0 Å². The number of carbonyl (C=O) groups excluding carboxylic acids is 2. The number of amides is 2. The van der Waals surface area contributed by atoms with Crippen molar-refractivity contribution in [1.29, 1.82) is 0 Å². The van der Waals surface area contributed by atoms with Crippen LogP contribution in [0.25, 0.3) is 6.08 Å². The number of carbonyl (C=O) groups is 2. The fourth-order valence-electron chi connectivity index (χ4n) is 2.77. The number of rotatable bonds is 5. The van der Waals surface area contributed by atoms with E-state index < -0.39 is 28.2 Å². The maximum atomic E-state index is 12.7. The summed E-state index contributed by atoms with van der Waals surface area (Å²) in [6.07, 6.45) is 1.22. The van der Waals surface area contributed by atoms with Gasteiger partial charge in [-0.15, -0.1) is 0 Å². The first-order valence-corrected chi connectivity index (χ1v) is 8.39. The molecule has 9 heteroatoms. The number of phenolic OH excluding ortho intramolecular Hbond substituents is 1. The molecule has 3 rings (SSSR count). The zero-order valence-corrected chi connectivity index (χ0v) is 15.1. The molecule has 144 valence electrons. The Morgan fingerprint density at radius 2 is 2.04 bits per heavy atom. The Balaban J connectivity index is 2.02. The van der Waals surface area contributed by atoms with Gasteiger partial charge in [0.2, 0.25) is 5.75 Å². The third-order valence-corrected chi connectivity index (χ3v) is 4.04. The predicted molar refractivity (Wildman–Crippen MR) is 101 cm³/mol. The summed E-state index contributed by atoms with van der Waals surface area (Å²) in [5, 5.41) is 22.2. The Bertz CT molecular complexity index is 1010. The van der Waals surface area contributed by atoms with Crippen molar-refractivity contribution in [3.63, 3.8) is 0 Å². The van der Waals surface area contributed by atoms with E-state index in [9.17, 15) is 24.8 Å². The van der Waals surface area contributed by atoms with E-state index in [1.165, 1.54) is 12.1 Å². The lowest BCUT2D eigenvalue weighted by molar-refractivity contribution is -0.386. The second kappa shape index (κ2) is 7.39. The summed E-state index contributed by atoms with van der Waals surface area (Å²) in [5.41, 5.74) is 3.28. The van der Waals surface area contributed by atoms with E-state index in [1.54, 1.807) is 25.1 Å². The van der Waals surface area contributed by atoms with E-state index in [1.807, 2.05) is 13.0 Å². The summed E-state index contributed by atoms with van der Waals surface area (Å²) in [6.45, 7) is 3.68. The van der Waals surface area contributed by atoms with Crippen LogP contribution in [0.3, 0.4) is 0 Å². The first kappa shape index (κ1) is 18.9. The molecule has 0 aromatic heterocycles. The Kier molecular flexibility index (Phi) is 4.99. The number of nitrogens with one attached hydrogen (secondary N) is 1. The number of aromatic hydroxyl groups is 1. The highest BCUT2D eigenvalue weighted by Gasteiger charge is 2.34. The monoisotopic (exact) mass is 383 g/mol. The Morgan fingerprint density at radius 3 is 2.68 bits per heavy atom. The van der Waals surface area contributed by atoms with Crippen molar-refractivity contribution >= 4 is 29.3 Å². The highest BCUT2D eigenvalue weighted by atomic mass is 16.6. The second-order valence-electron chi connectivity index (χ2n) is 6.06. The van der Waals surface area contributed by atoms with E-state index in [0.29, 0.717) is 5.69 Å². The molecule has 2 aromatic carbocycles. The van der Waals surface area contributed by atoms with Crippen molar-refractivity contribution in [2.75, 3.05) is 11.6 Å². The van der Waals surface area contributed by atoms with Crippen LogP contribution in [0.4, 0.5) is 11.4 Å². The summed E-state index contributed by atoms with van der Waals surface area (Å²) in [4.78, 5) is 35.4. The molecule has 0 radical (unpaired) electrons. The number of nitro groups is 1. The molecule has 0 atom stereocenters. The number of aryl methyl sites for hydroxylation is 1. The Labute approximate surface area is 160 Å². The number of ether oxygens (including phenoxy) is 1. The van der Waals surface area contributed by atoms with Gasteiger partial charge in [-0.05, 0) is 49.2 Å². The van der Waals surface area contributed by atoms with Crippen LogP contribution in [0.1, 0.15) is 18.1 Å². The van der Waals surface area contributed by atoms with Crippen LogP contribution in [-0.2, 0) is 9.59 Å². The van der Waals surface area contributed by atoms with Crippen molar-refractivity contribution in [2.45, 2.75) is 13.8 Å². The lowest BCUT2D eigenvalue weighted by Crippen LogP contribution is -2.35. The molecule has 0 unspecified atom stereocenters. The van der Waals surface area contributed by atoms with Crippen LogP contribution in [0.5, 0.6) is 11.5 Å². The lowest BCUT2D eigenvalue weighted by atomic mass is 10.1. The standard InChI is InChI=1S/C19H17N3O6/c1-3-28-16-10-12(9-15(17(16)23)22(26)27)8-14-18(24)20-21(19(14)25)13-6-4-5-11(2)7-13/h4-10,23H,3H2,1-2H3,(H,20,24)/b14-8+. The van der Waals surface area contributed by atoms with Crippen molar-refractivity contribution in [3.05, 3.63) is 63.2 Å². The fraction of sp³-hybridized carbons (Fsp3) is 0.158. The first-order chi connectivity index (χ1) is 13.3. The SMILES string of the molecule is CCOc1cc(/C=C2\C(=O)NN(c3cccc(C)c3)C2=O)cc([N+](=O)[O-])c1O. The number of anilines is 1. The molecule has 9 nitrogen and oxygen atoms in total. The van der Waals surface area contributed by atoms with Crippen LogP contribution >= 0.6 is 0 Å². The zero-order chi connectivity index (χ0) is 20.4. The zero-order valence-electron chi connectivity index (χ0n) is 15.1. The maximum absolute atomic E-state index is 12.7. The molecule has 0 aliphatic carbocycles. The smallest absolute Gasteiger partial charge is 0.315 e. The van der Waals surface area contributed by atoms with Gasteiger partial charge in [0.1, 0.15) is 5.57 Å². The van der Waals surface area contributed by atoms with Gasteiger partial charge in [0.15, 0.2) is 5.75 Å². The highest BCUT2D eigenvalue weighted by molar-refractivity contribution is 6.31. The first-order valence-electron chi connectivity index (χ1n) is 8.39. The third-order valence-electron chi connectivity index (χ3n) is 4.04. The van der Waals surface area contributed by atoms with Crippen molar-refractivity contribution in [1.82, 2.24) is 5.43 Å². The van der Waals surface area contributed by atoms with Crippen LogP contribution in [0.15, 0.2) is 42.0 Å². The van der Waals surface area contributed by atoms with Crippen LogP contribution < -0.4 is 15.2 Å². The van der Waals surface area contributed by atoms with Gasteiger partial charge in [0.25, 0.3) is 11.8 Å². The minimum absolute atomic E-state index is 0.107. The van der Waals surface area contributed by atoms with Crippen LogP contribution in [0.2, 0.25) is 0 Å². The average Bonchev–Trinajstić information content (AvgIpc) is 2.92. The molecule has 0 spiro atoms. The minimum atomic E-state index is -0.768. The van der Waals surface area contributed by atoms with Gasteiger partial charge in [0.05, 0.1) is 17.2 Å². The summed E-state index contributed by atoms with van der Waals surface area (Å²) < 4.78 is 5.21. The summed E-state index contributed by atoms with van der Waals surface area (Å²) in [6, 6.07) is 9.42. The fourth-order valence-corrected chi connectivity index (χ4v) is 2.77. The minimum Gasteiger partial charge on any atom is -0.500 e. The van der Waals surface area contributed by atoms with Gasteiger partial charge in [-0.3, -0.25) is 25.1 Å². The van der Waals surface area contributed by atoms with E-state index in [2.05, 4.69) is 5.43 Å². The normalized spacial score (nSPS) is 15.1. The summed E-state index contributed by atoms with van der Waals surface area (Å²) >= 11 is 0. The number of hydrogen-bond acceptors (Lipinski definition) is 6. The Morgan fingerprint density at radius 1 is 1.29 bits per heavy atom. The number of phenols is 1. The van der Waals surface area contributed by atoms with Crippen LogP contribution in [-0.4, -0.2) is 28.5 Å². The molecule has 1 heterocycles. The molecule has 1 fully saturated rings. The van der Waals surface area contributed by atoms with Gasteiger partial charge in [-0.25, -0.2) is 5.01 Å². The van der Waals surface area contributed by atoms with Gasteiger partial charge < -0.3 is 9.84 Å². The van der Waals surface area contributed by atoms with Crippen molar-refractivity contribution in [2.24, 2.45) is 0 Å². The molecule has 1 aliphatic heterocycles. The van der Waals surface area contributed by atoms with E-state index in [0.717, 1.165) is 16.6 Å². The molecule has 2 amide bonds. The van der Waals surface area contributed by atoms with E-state index in [4.69, 9.17) is 4.74 Å². The van der Waals surface area contributed by atoms with Crippen molar-refractivity contribution < 1.29 is 24.4 Å². The van der Waals surface area contributed by atoms with Gasteiger partial charge in [-0.1, -0.05) is 12.1 Å². The lowest BCUT2D eigenvalue weighted by Gasteiger charge is -2.14. The molecular weight excluding hydrogens is 366 g/mol. The topological polar surface area (TPSA) is 122 Å². The van der Waals surface area contributed by atoms with E-state index in [-0.39, 0.29) is 23.5 Å². The molecule has 2 N–H and O–H groups in total. The second-order valence-corrected chi connectivity index (χ2v) is 6.06. The Hall–Kier alpha value is -3.88. The number of hydrogen-bond donors (Lipinski definition) is 2. The quantitative estimate of drug-likeness (QED) is 0.354. The third kappa shape index (κ3) is 3.50. The number of nitro benzene ring substituents is 1. The largest absolute Gasteiger partial charge is 0.500 e. The average molecular weight is 383 g/mol. The molecular formula is C19H17N3O6. The van der Waals surface area contributed by atoms with Gasteiger partial charge >= 0.3 is 5.69 Å². The summed E-state index contributed by atoms with van der Waals surface area (Å²) in [5.74, 6) is -1.95. The van der Waals surface area contributed by atoms with E-state index >= 15 is 0 Å². The van der Waals surface area contributed by atoms with Crippen molar-refractivity contribution in [3.8, 4) is 11.5 Å². The molecule has 1 saturated heterocycles. The molecule has 28 heavy (non-hydrogen) atoms. The number of benzene rings is 2. The summed E-state index contributed by atoms with van der Waals surface area (Å²) in [7, 11) is 0. The molecule has 1 aliphatic rings. The van der Waals surface area contributed by atoms with Gasteiger partial charge in [-0.2, -0.15) is 0 Å². The highest BCUT2D eigenvalue weighted by Crippen LogP contribution is 2.38.